The van der Waals surface area contributed by atoms with Crippen LogP contribution in [0.2, 0.25) is 0 Å². The molecule has 1 heteroatoms. The lowest BCUT2D eigenvalue weighted by Gasteiger charge is -2.43. The highest BCUT2D eigenvalue weighted by Gasteiger charge is 2.38. The zero-order valence-corrected chi connectivity index (χ0v) is 10.1. The van der Waals surface area contributed by atoms with Crippen molar-refractivity contribution in [1.29, 1.82) is 0 Å². The highest BCUT2D eigenvalue weighted by Crippen LogP contribution is 2.45. The SMILES string of the molecule is C=C[C@@H]1O[C@@H]2CCCC[C@@H]2C2=C1CCCC2. The van der Waals surface area contributed by atoms with Gasteiger partial charge in [0.2, 0.25) is 0 Å². The van der Waals surface area contributed by atoms with Crippen LogP contribution in [0.15, 0.2) is 23.8 Å². The van der Waals surface area contributed by atoms with Crippen molar-refractivity contribution in [2.45, 2.75) is 63.6 Å². The van der Waals surface area contributed by atoms with E-state index in [-0.39, 0.29) is 6.10 Å². The Balaban J connectivity index is 1.94. The molecule has 0 saturated heterocycles. The molecule has 0 aromatic rings. The molecule has 0 spiro atoms. The van der Waals surface area contributed by atoms with Crippen molar-refractivity contribution < 1.29 is 4.74 Å². The number of fused-ring (bicyclic) bond motifs is 2. The van der Waals surface area contributed by atoms with Gasteiger partial charge in [0.1, 0.15) is 0 Å². The fourth-order valence-electron chi connectivity index (χ4n) is 3.83. The van der Waals surface area contributed by atoms with E-state index in [1.807, 2.05) is 6.08 Å². The highest BCUT2D eigenvalue weighted by atomic mass is 16.5. The minimum Gasteiger partial charge on any atom is -0.366 e. The van der Waals surface area contributed by atoms with Crippen molar-refractivity contribution in [2.24, 2.45) is 5.92 Å². The average molecular weight is 218 g/mol. The summed E-state index contributed by atoms with van der Waals surface area (Å²) in [6, 6.07) is 0. The van der Waals surface area contributed by atoms with Crippen LogP contribution >= 0.6 is 0 Å². The van der Waals surface area contributed by atoms with Crippen LogP contribution in [0.5, 0.6) is 0 Å². The summed E-state index contributed by atoms with van der Waals surface area (Å²) in [6.07, 6.45) is 13.5. The number of ether oxygens (including phenoxy) is 1. The van der Waals surface area contributed by atoms with Crippen molar-refractivity contribution in [2.75, 3.05) is 0 Å². The summed E-state index contributed by atoms with van der Waals surface area (Å²) < 4.78 is 6.23. The van der Waals surface area contributed by atoms with Gasteiger partial charge in [-0.1, -0.05) is 24.5 Å². The lowest BCUT2D eigenvalue weighted by Crippen LogP contribution is -2.39. The van der Waals surface area contributed by atoms with Gasteiger partial charge in [-0.2, -0.15) is 0 Å². The van der Waals surface area contributed by atoms with Gasteiger partial charge in [-0.15, -0.1) is 6.58 Å². The molecule has 0 bridgehead atoms. The summed E-state index contributed by atoms with van der Waals surface area (Å²) in [4.78, 5) is 0. The van der Waals surface area contributed by atoms with E-state index in [0.29, 0.717) is 6.10 Å². The molecule has 88 valence electrons. The molecule has 1 heterocycles. The summed E-state index contributed by atoms with van der Waals surface area (Å²) in [7, 11) is 0. The van der Waals surface area contributed by atoms with Gasteiger partial charge in [-0.25, -0.2) is 0 Å². The second-order valence-corrected chi connectivity index (χ2v) is 5.48. The Morgan fingerprint density at radius 1 is 1.00 bits per heavy atom. The second kappa shape index (κ2) is 4.37. The number of hydrogen-bond acceptors (Lipinski definition) is 1. The second-order valence-electron chi connectivity index (χ2n) is 5.48. The van der Waals surface area contributed by atoms with E-state index < -0.39 is 0 Å². The maximum Gasteiger partial charge on any atom is 0.0970 e. The molecule has 1 saturated carbocycles. The molecule has 0 aromatic carbocycles. The van der Waals surface area contributed by atoms with E-state index >= 15 is 0 Å². The predicted octanol–water partition coefficient (Wildman–Crippen LogP) is 4.00. The molecular formula is C15H22O. The third kappa shape index (κ3) is 1.66. The average Bonchev–Trinajstić information content (AvgIpc) is 2.38. The third-order valence-electron chi connectivity index (χ3n) is 4.58. The fraction of sp³-hybridized carbons (Fsp3) is 0.733. The lowest BCUT2D eigenvalue weighted by molar-refractivity contribution is -0.0358. The van der Waals surface area contributed by atoms with Gasteiger partial charge < -0.3 is 4.74 Å². The molecule has 1 fully saturated rings. The van der Waals surface area contributed by atoms with Crippen molar-refractivity contribution in [3.05, 3.63) is 23.8 Å². The Morgan fingerprint density at radius 3 is 2.56 bits per heavy atom. The standard InChI is InChI=1S/C15H22O/c1-2-14-12-8-4-3-7-11(12)13-9-5-6-10-15(13)16-14/h2,13-15H,1,3-10H2/t13-,14+,15-/m1/s1. The Kier molecular flexibility index (Phi) is 2.89. The highest BCUT2D eigenvalue weighted by molar-refractivity contribution is 5.30. The monoisotopic (exact) mass is 218 g/mol. The number of rotatable bonds is 1. The zero-order valence-electron chi connectivity index (χ0n) is 10.1. The van der Waals surface area contributed by atoms with Crippen LogP contribution in [0, 0.1) is 5.92 Å². The van der Waals surface area contributed by atoms with Gasteiger partial charge in [0.05, 0.1) is 12.2 Å². The normalized spacial score (nSPS) is 38.9. The first-order valence-corrected chi connectivity index (χ1v) is 6.90. The van der Waals surface area contributed by atoms with Crippen molar-refractivity contribution in [1.82, 2.24) is 0 Å². The topological polar surface area (TPSA) is 9.23 Å². The third-order valence-corrected chi connectivity index (χ3v) is 4.58. The molecule has 0 radical (unpaired) electrons. The van der Waals surface area contributed by atoms with Gasteiger partial charge >= 0.3 is 0 Å². The molecule has 2 aliphatic carbocycles. The summed E-state index contributed by atoms with van der Waals surface area (Å²) in [6.45, 7) is 3.95. The van der Waals surface area contributed by atoms with Crippen LogP contribution in [-0.2, 0) is 4.74 Å². The molecule has 16 heavy (non-hydrogen) atoms. The van der Waals surface area contributed by atoms with Crippen LogP contribution in [0.25, 0.3) is 0 Å². The zero-order chi connectivity index (χ0) is 11.0. The first-order valence-electron chi connectivity index (χ1n) is 6.90. The van der Waals surface area contributed by atoms with Crippen molar-refractivity contribution >= 4 is 0 Å². The van der Waals surface area contributed by atoms with Crippen LogP contribution < -0.4 is 0 Å². The minimum absolute atomic E-state index is 0.245. The van der Waals surface area contributed by atoms with Crippen LogP contribution in [0.3, 0.4) is 0 Å². The molecule has 0 unspecified atom stereocenters. The van der Waals surface area contributed by atoms with E-state index in [1.54, 1.807) is 11.1 Å². The van der Waals surface area contributed by atoms with Gasteiger partial charge in [-0.3, -0.25) is 0 Å². The van der Waals surface area contributed by atoms with Crippen LogP contribution in [0.4, 0.5) is 0 Å². The molecule has 3 rings (SSSR count). The van der Waals surface area contributed by atoms with Crippen LogP contribution in [0.1, 0.15) is 51.4 Å². The Bertz CT molecular complexity index is 315. The lowest BCUT2D eigenvalue weighted by atomic mass is 9.72. The molecule has 0 amide bonds. The van der Waals surface area contributed by atoms with E-state index in [2.05, 4.69) is 6.58 Å². The minimum atomic E-state index is 0.245. The molecule has 0 aromatic heterocycles. The van der Waals surface area contributed by atoms with Gasteiger partial charge in [0.25, 0.3) is 0 Å². The molecule has 1 aliphatic heterocycles. The summed E-state index contributed by atoms with van der Waals surface area (Å²) >= 11 is 0. The Morgan fingerprint density at radius 2 is 1.75 bits per heavy atom. The molecular weight excluding hydrogens is 196 g/mol. The van der Waals surface area contributed by atoms with E-state index in [9.17, 15) is 0 Å². The maximum absolute atomic E-state index is 6.23. The summed E-state index contributed by atoms with van der Waals surface area (Å²) in [5.41, 5.74) is 3.37. The van der Waals surface area contributed by atoms with E-state index in [1.165, 1.54) is 51.4 Å². The molecule has 1 nitrogen and oxygen atoms in total. The van der Waals surface area contributed by atoms with Gasteiger partial charge in [0, 0.05) is 5.92 Å². The summed E-state index contributed by atoms with van der Waals surface area (Å²) in [5, 5.41) is 0. The summed E-state index contributed by atoms with van der Waals surface area (Å²) in [5.74, 6) is 0.764. The molecule has 3 aliphatic rings. The smallest absolute Gasteiger partial charge is 0.0970 e. The van der Waals surface area contributed by atoms with E-state index in [0.717, 1.165) is 5.92 Å². The molecule has 0 N–H and O–H groups in total. The number of hydrogen-bond donors (Lipinski definition) is 0. The van der Waals surface area contributed by atoms with Gasteiger partial charge in [-0.05, 0) is 44.1 Å². The molecule has 3 atom stereocenters. The maximum atomic E-state index is 6.23. The van der Waals surface area contributed by atoms with Crippen molar-refractivity contribution in [3.63, 3.8) is 0 Å². The fourth-order valence-corrected chi connectivity index (χ4v) is 3.83. The van der Waals surface area contributed by atoms with Crippen LogP contribution in [-0.4, -0.2) is 12.2 Å². The first kappa shape index (κ1) is 10.6. The quantitative estimate of drug-likeness (QED) is 0.604. The Hall–Kier alpha value is -0.560. The predicted molar refractivity (Wildman–Crippen MR) is 66.3 cm³/mol. The Labute approximate surface area is 98.6 Å². The van der Waals surface area contributed by atoms with Gasteiger partial charge in [0.15, 0.2) is 0 Å². The largest absolute Gasteiger partial charge is 0.366 e. The van der Waals surface area contributed by atoms with Crippen molar-refractivity contribution in [3.8, 4) is 0 Å². The van der Waals surface area contributed by atoms with E-state index in [4.69, 9.17) is 4.74 Å². The first-order chi connectivity index (χ1) is 7.90.